The Bertz CT molecular complexity index is 1080. The zero-order valence-electron chi connectivity index (χ0n) is 18.7. The lowest BCUT2D eigenvalue weighted by atomic mass is 9.94. The number of aryl methyl sites for hydroxylation is 2. The Morgan fingerprint density at radius 2 is 1.12 bits per heavy atom. The molecule has 0 heterocycles. The summed E-state index contributed by atoms with van der Waals surface area (Å²) in [6, 6.07) is 17.1. The Morgan fingerprint density at radius 1 is 0.656 bits per heavy atom. The minimum Gasteiger partial charge on any atom is -0.507 e. The van der Waals surface area contributed by atoms with E-state index in [9.17, 15) is 19.8 Å². The average Bonchev–Trinajstić information content (AvgIpc) is 2.81. The number of aromatic hydroxyl groups is 2. The van der Waals surface area contributed by atoms with E-state index in [-0.39, 0.29) is 16.9 Å². The SMILES string of the molecule is CCCCc1ccc(C(=O)c2ccc(O)c(C(=O)c3ccc(CCCC)cc3)c2O)cc1. The highest BCUT2D eigenvalue weighted by molar-refractivity contribution is 6.17. The van der Waals surface area contributed by atoms with Crippen molar-refractivity contribution in [1.82, 2.24) is 0 Å². The van der Waals surface area contributed by atoms with Crippen LogP contribution in [0.4, 0.5) is 0 Å². The van der Waals surface area contributed by atoms with Crippen LogP contribution in [-0.2, 0) is 12.8 Å². The van der Waals surface area contributed by atoms with Gasteiger partial charge in [0.25, 0.3) is 0 Å². The Labute approximate surface area is 189 Å². The third kappa shape index (κ3) is 5.25. The van der Waals surface area contributed by atoms with Crippen molar-refractivity contribution in [3.63, 3.8) is 0 Å². The van der Waals surface area contributed by atoms with E-state index in [1.807, 2.05) is 24.3 Å². The number of hydrogen-bond donors (Lipinski definition) is 2. The molecule has 0 spiro atoms. The smallest absolute Gasteiger partial charge is 0.200 e. The van der Waals surface area contributed by atoms with E-state index in [4.69, 9.17) is 0 Å². The van der Waals surface area contributed by atoms with Crippen LogP contribution in [0.5, 0.6) is 11.5 Å². The van der Waals surface area contributed by atoms with Crippen LogP contribution in [0.3, 0.4) is 0 Å². The molecule has 3 rings (SSSR count). The number of benzene rings is 3. The maximum Gasteiger partial charge on any atom is 0.200 e. The molecule has 0 aliphatic carbocycles. The molecule has 2 N–H and O–H groups in total. The minimum absolute atomic E-state index is 0.00739. The van der Waals surface area contributed by atoms with Gasteiger partial charge in [-0.05, 0) is 48.9 Å². The maximum atomic E-state index is 13.0. The van der Waals surface area contributed by atoms with Crippen molar-refractivity contribution in [2.24, 2.45) is 0 Å². The molecule has 3 aromatic carbocycles. The van der Waals surface area contributed by atoms with Crippen LogP contribution in [0.25, 0.3) is 0 Å². The summed E-state index contributed by atoms with van der Waals surface area (Å²) < 4.78 is 0. The van der Waals surface area contributed by atoms with E-state index in [2.05, 4.69) is 13.8 Å². The highest BCUT2D eigenvalue weighted by Gasteiger charge is 2.24. The largest absolute Gasteiger partial charge is 0.507 e. The lowest BCUT2D eigenvalue weighted by molar-refractivity contribution is 0.103. The van der Waals surface area contributed by atoms with Crippen molar-refractivity contribution >= 4 is 11.6 Å². The molecule has 4 nitrogen and oxygen atoms in total. The van der Waals surface area contributed by atoms with Gasteiger partial charge in [0, 0.05) is 11.1 Å². The summed E-state index contributed by atoms with van der Waals surface area (Å²) >= 11 is 0. The predicted molar refractivity (Wildman–Crippen MR) is 127 cm³/mol. The quantitative estimate of drug-likeness (QED) is 0.373. The van der Waals surface area contributed by atoms with Gasteiger partial charge in [-0.1, -0.05) is 75.2 Å². The van der Waals surface area contributed by atoms with E-state index in [1.54, 1.807) is 24.3 Å². The highest BCUT2D eigenvalue weighted by atomic mass is 16.3. The Kier molecular flexibility index (Phi) is 7.82. The zero-order chi connectivity index (χ0) is 23.1. The first-order valence-corrected chi connectivity index (χ1v) is 11.3. The summed E-state index contributed by atoms with van der Waals surface area (Å²) in [4.78, 5) is 26.0. The van der Waals surface area contributed by atoms with Crippen LogP contribution < -0.4 is 0 Å². The van der Waals surface area contributed by atoms with E-state index in [0.717, 1.165) is 49.7 Å². The van der Waals surface area contributed by atoms with E-state index >= 15 is 0 Å². The lowest BCUT2D eigenvalue weighted by Crippen LogP contribution is -2.08. The second-order valence-corrected chi connectivity index (χ2v) is 8.12. The second kappa shape index (κ2) is 10.8. The molecule has 0 radical (unpaired) electrons. The number of carbonyl (C=O) groups is 2. The Hall–Kier alpha value is -3.40. The number of hydrogen-bond acceptors (Lipinski definition) is 4. The van der Waals surface area contributed by atoms with E-state index in [1.165, 1.54) is 12.1 Å². The summed E-state index contributed by atoms with van der Waals surface area (Å²) in [6.07, 6.45) is 6.22. The van der Waals surface area contributed by atoms with Crippen molar-refractivity contribution in [3.05, 3.63) is 94.0 Å². The second-order valence-electron chi connectivity index (χ2n) is 8.12. The summed E-state index contributed by atoms with van der Waals surface area (Å²) in [5.74, 6) is -1.76. The summed E-state index contributed by atoms with van der Waals surface area (Å²) in [5, 5.41) is 21.1. The van der Waals surface area contributed by atoms with Gasteiger partial charge in [-0.3, -0.25) is 9.59 Å². The van der Waals surface area contributed by atoms with Gasteiger partial charge in [0.05, 0.1) is 5.56 Å². The highest BCUT2D eigenvalue weighted by Crippen LogP contribution is 2.34. The van der Waals surface area contributed by atoms with Gasteiger partial charge in [-0.15, -0.1) is 0 Å². The molecule has 0 atom stereocenters. The number of phenols is 2. The fourth-order valence-corrected chi connectivity index (χ4v) is 3.69. The van der Waals surface area contributed by atoms with Crippen molar-refractivity contribution in [2.75, 3.05) is 0 Å². The first-order valence-electron chi connectivity index (χ1n) is 11.3. The van der Waals surface area contributed by atoms with Gasteiger partial charge in [-0.25, -0.2) is 0 Å². The number of ketones is 2. The maximum absolute atomic E-state index is 13.0. The Balaban J connectivity index is 1.88. The molecule has 0 saturated heterocycles. The lowest BCUT2D eigenvalue weighted by Gasteiger charge is -2.11. The molecule has 0 fully saturated rings. The predicted octanol–water partition coefficient (Wildman–Crippen LogP) is 6.25. The van der Waals surface area contributed by atoms with Crippen LogP contribution in [0.15, 0.2) is 60.7 Å². The molecule has 4 heteroatoms. The molecular formula is C28H30O4. The van der Waals surface area contributed by atoms with Gasteiger partial charge >= 0.3 is 0 Å². The molecule has 0 aliphatic heterocycles. The van der Waals surface area contributed by atoms with Gasteiger partial charge < -0.3 is 10.2 Å². The van der Waals surface area contributed by atoms with Crippen LogP contribution in [-0.4, -0.2) is 21.8 Å². The van der Waals surface area contributed by atoms with E-state index in [0.29, 0.717) is 11.1 Å². The van der Waals surface area contributed by atoms with Crippen molar-refractivity contribution in [1.29, 1.82) is 0 Å². The van der Waals surface area contributed by atoms with Crippen molar-refractivity contribution < 1.29 is 19.8 Å². The number of phenolic OH excluding ortho intramolecular Hbond substituents is 2. The molecule has 0 amide bonds. The fraction of sp³-hybridized carbons (Fsp3) is 0.286. The molecule has 32 heavy (non-hydrogen) atoms. The molecule has 0 aliphatic rings. The van der Waals surface area contributed by atoms with Crippen LogP contribution >= 0.6 is 0 Å². The third-order valence-electron chi connectivity index (χ3n) is 5.70. The monoisotopic (exact) mass is 430 g/mol. The molecule has 0 bridgehead atoms. The molecular weight excluding hydrogens is 400 g/mol. The topological polar surface area (TPSA) is 74.6 Å². The van der Waals surface area contributed by atoms with Crippen LogP contribution in [0.2, 0.25) is 0 Å². The first kappa shape index (κ1) is 23.3. The minimum atomic E-state index is -0.522. The summed E-state index contributed by atoms with van der Waals surface area (Å²) in [5.41, 5.74) is 2.79. The average molecular weight is 431 g/mol. The number of carbonyl (C=O) groups excluding carboxylic acids is 2. The van der Waals surface area contributed by atoms with Crippen LogP contribution in [0.1, 0.15) is 82.5 Å². The van der Waals surface area contributed by atoms with E-state index < -0.39 is 17.3 Å². The molecule has 166 valence electrons. The van der Waals surface area contributed by atoms with Gasteiger partial charge in [-0.2, -0.15) is 0 Å². The fourth-order valence-electron chi connectivity index (χ4n) is 3.69. The zero-order valence-corrected chi connectivity index (χ0v) is 18.7. The van der Waals surface area contributed by atoms with Gasteiger partial charge in [0.2, 0.25) is 5.78 Å². The Morgan fingerprint density at radius 3 is 1.59 bits per heavy atom. The van der Waals surface area contributed by atoms with Crippen LogP contribution in [0, 0.1) is 0 Å². The van der Waals surface area contributed by atoms with Gasteiger partial charge in [0.15, 0.2) is 5.78 Å². The third-order valence-corrected chi connectivity index (χ3v) is 5.70. The molecule has 0 unspecified atom stereocenters. The van der Waals surface area contributed by atoms with Crippen molar-refractivity contribution in [3.8, 4) is 11.5 Å². The number of unbranched alkanes of at least 4 members (excludes halogenated alkanes) is 2. The summed E-state index contributed by atoms with van der Waals surface area (Å²) in [6.45, 7) is 4.25. The van der Waals surface area contributed by atoms with Crippen molar-refractivity contribution in [2.45, 2.75) is 52.4 Å². The first-order chi connectivity index (χ1) is 15.5. The summed E-state index contributed by atoms with van der Waals surface area (Å²) in [7, 11) is 0. The number of rotatable bonds is 10. The normalized spacial score (nSPS) is 10.8. The molecule has 3 aromatic rings. The van der Waals surface area contributed by atoms with Gasteiger partial charge in [0.1, 0.15) is 17.1 Å². The standard InChI is InChI=1S/C28H30O4/c1-3-5-7-19-9-13-21(14-10-19)26(30)23-17-18-24(29)25(28(23)32)27(31)22-15-11-20(12-16-22)8-6-4-2/h9-18,29,32H,3-8H2,1-2H3. The molecule has 0 aromatic heterocycles. The molecule has 0 saturated carbocycles.